The lowest BCUT2D eigenvalue weighted by atomic mass is 9.81. The minimum Gasteiger partial charge on any atom is -0.489 e. The number of amides is 2. The van der Waals surface area contributed by atoms with E-state index in [1.807, 2.05) is 0 Å². The molecule has 1 aliphatic carbocycles. The number of aliphatic hydroxyl groups is 1. The number of thiophene rings is 1. The van der Waals surface area contributed by atoms with E-state index in [-0.39, 0.29) is 62.2 Å². The molecule has 0 saturated heterocycles. The Morgan fingerprint density at radius 2 is 2.00 bits per heavy atom. The maximum Gasteiger partial charge on any atom is 0.424 e. The SMILES string of the molecule is C[C@]1(C(N)=O)COc2c1cc(C(O)(CNC(=O)c1cc(OC3CC3)c3nn(C(F)F)cc3c1)C(F)(F)F)nc2-c1csc2c(F)cccc12. The number of pyridine rings is 1. The molecule has 256 valence electrons. The van der Waals surface area contributed by atoms with Crippen LogP contribution in [0.5, 0.6) is 11.5 Å². The van der Waals surface area contributed by atoms with Gasteiger partial charge in [-0.2, -0.15) is 27.1 Å². The molecule has 49 heavy (non-hydrogen) atoms. The number of nitrogens with two attached hydrogens (primary N) is 1. The van der Waals surface area contributed by atoms with Crippen molar-refractivity contribution in [3.05, 3.63) is 70.6 Å². The van der Waals surface area contributed by atoms with E-state index in [0.29, 0.717) is 22.9 Å². The van der Waals surface area contributed by atoms with Gasteiger partial charge < -0.3 is 25.6 Å². The second-order valence-electron chi connectivity index (χ2n) is 12.1. The van der Waals surface area contributed by atoms with Crippen LogP contribution < -0.4 is 20.5 Å². The van der Waals surface area contributed by atoms with E-state index in [1.165, 1.54) is 36.6 Å². The minimum atomic E-state index is -5.45. The van der Waals surface area contributed by atoms with Crippen LogP contribution >= 0.6 is 11.3 Å². The second kappa shape index (κ2) is 11.3. The van der Waals surface area contributed by atoms with Gasteiger partial charge in [0.2, 0.25) is 11.5 Å². The number of halogens is 6. The van der Waals surface area contributed by atoms with E-state index in [9.17, 15) is 41.0 Å². The first-order valence-corrected chi connectivity index (χ1v) is 15.7. The summed E-state index contributed by atoms with van der Waals surface area (Å²) in [4.78, 5) is 30.1. The molecule has 4 N–H and O–H groups in total. The number of nitrogens with one attached hydrogen (secondary N) is 1. The van der Waals surface area contributed by atoms with Gasteiger partial charge in [0.05, 0.1) is 23.0 Å². The third-order valence-corrected chi connectivity index (χ3v) is 9.70. The molecule has 0 radical (unpaired) electrons. The number of fused-ring (bicyclic) bond motifs is 3. The molecule has 2 aliphatic rings. The van der Waals surface area contributed by atoms with Crippen molar-refractivity contribution in [2.75, 3.05) is 13.2 Å². The Morgan fingerprint density at radius 1 is 1.24 bits per heavy atom. The predicted molar refractivity (Wildman–Crippen MR) is 164 cm³/mol. The summed E-state index contributed by atoms with van der Waals surface area (Å²) >= 11 is 0.968. The number of primary amides is 1. The first-order chi connectivity index (χ1) is 23.1. The number of rotatable bonds is 9. The van der Waals surface area contributed by atoms with Gasteiger partial charge in [0.1, 0.15) is 40.5 Å². The normalized spacial score (nSPS) is 18.8. The zero-order valence-corrected chi connectivity index (χ0v) is 26.1. The minimum absolute atomic E-state index is 0.00859. The van der Waals surface area contributed by atoms with Gasteiger partial charge in [0.15, 0.2) is 0 Å². The molecule has 0 spiro atoms. The molecule has 1 saturated carbocycles. The first kappa shape index (κ1) is 32.6. The Bertz CT molecular complexity index is 2170. The Kier molecular flexibility index (Phi) is 7.55. The van der Waals surface area contributed by atoms with Crippen LogP contribution in [0.2, 0.25) is 0 Å². The number of alkyl halides is 5. The first-order valence-electron chi connectivity index (χ1n) is 14.8. The summed E-state index contributed by atoms with van der Waals surface area (Å²) in [6, 6.07) is 7.35. The molecule has 2 atom stereocenters. The molecule has 4 heterocycles. The van der Waals surface area contributed by atoms with Crippen LogP contribution in [0, 0.1) is 5.82 Å². The zero-order chi connectivity index (χ0) is 35.0. The van der Waals surface area contributed by atoms with Gasteiger partial charge in [-0.3, -0.25) is 9.59 Å². The van der Waals surface area contributed by atoms with Gasteiger partial charge in [-0.15, -0.1) is 11.3 Å². The highest BCUT2D eigenvalue weighted by Crippen LogP contribution is 2.49. The van der Waals surface area contributed by atoms with E-state index in [4.69, 9.17) is 15.2 Å². The fraction of sp³-hybridized carbons (Fsp3) is 0.312. The van der Waals surface area contributed by atoms with Crippen LogP contribution in [0.25, 0.3) is 32.2 Å². The third-order valence-electron chi connectivity index (χ3n) is 8.69. The van der Waals surface area contributed by atoms with Crippen molar-refractivity contribution < 1.29 is 50.5 Å². The number of carbonyl (C=O) groups is 2. The quantitative estimate of drug-likeness (QED) is 0.167. The third kappa shape index (κ3) is 5.40. The molecule has 0 bridgehead atoms. The van der Waals surface area contributed by atoms with E-state index in [2.05, 4.69) is 15.4 Å². The highest BCUT2D eigenvalue weighted by molar-refractivity contribution is 7.17. The Labute approximate surface area is 276 Å². The zero-order valence-electron chi connectivity index (χ0n) is 25.3. The van der Waals surface area contributed by atoms with Crippen molar-refractivity contribution in [3.8, 4) is 22.8 Å². The summed E-state index contributed by atoms with van der Waals surface area (Å²) < 4.78 is 98.1. The van der Waals surface area contributed by atoms with Crippen molar-refractivity contribution in [1.29, 1.82) is 0 Å². The van der Waals surface area contributed by atoms with Gasteiger partial charge in [-0.05, 0) is 44.0 Å². The van der Waals surface area contributed by atoms with Crippen molar-refractivity contribution in [2.24, 2.45) is 5.73 Å². The van der Waals surface area contributed by atoms with Crippen molar-refractivity contribution in [1.82, 2.24) is 20.1 Å². The molecular formula is C32H25F6N5O5S. The summed E-state index contributed by atoms with van der Waals surface area (Å²) in [6.45, 7) is -3.44. The molecule has 1 unspecified atom stereocenters. The number of carbonyl (C=O) groups excluding carboxylic acids is 2. The van der Waals surface area contributed by atoms with Crippen LogP contribution in [-0.2, 0) is 15.8 Å². The van der Waals surface area contributed by atoms with Crippen LogP contribution in [0.15, 0.2) is 48.0 Å². The van der Waals surface area contributed by atoms with Crippen LogP contribution in [0.4, 0.5) is 26.3 Å². The molecule has 2 aromatic carbocycles. The molecule has 3 aromatic heterocycles. The van der Waals surface area contributed by atoms with Gasteiger partial charge in [0, 0.05) is 39.0 Å². The van der Waals surface area contributed by atoms with Crippen molar-refractivity contribution in [2.45, 2.75) is 49.6 Å². The van der Waals surface area contributed by atoms with E-state index < -0.39 is 53.6 Å². The fourth-order valence-electron chi connectivity index (χ4n) is 5.64. The molecule has 5 aromatic rings. The highest BCUT2D eigenvalue weighted by Gasteiger charge is 2.58. The van der Waals surface area contributed by atoms with Crippen LogP contribution in [0.1, 0.15) is 47.9 Å². The standard InChI is InChI=1S/C32H25F6N5O5S/c1-30(28(39)45)13-47-25-19(30)9-22(41-24(25)18-11-49-26-17(18)3-2-4-20(26)33)31(46,32(36,37)38)12-40-27(44)14-7-15-10-43(29(34)35)42-23(15)21(8-14)48-16-5-6-16/h2-4,7-11,16,29,46H,5-6,12-13H2,1H3,(H2,39,45)(H,40,44)/t30-,31?/m0/s1. The molecule has 10 nitrogen and oxygen atoms in total. The lowest BCUT2D eigenvalue weighted by Gasteiger charge is -2.31. The molecule has 1 fully saturated rings. The highest BCUT2D eigenvalue weighted by atomic mass is 32.1. The Morgan fingerprint density at radius 3 is 2.67 bits per heavy atom. The average molecular weight is 706 g/mol. The number of nitrogens with zero attached hydrogens (tertiary/aromatic N) is 3. The van der Waals surface area contributed by atoms with Crippen molar-refractivity contribution in [3.63, 3.8) is 0 Å². The Hall–Kier alpha value is -4.90. The summed E-state index contributed by atoms with van der Waals surface area (Å²) in [6.07, 6.45) is -3.36. The van der Waals surface area contributed by atoms with Gasteiger partial charge in [-0.1, -0.05) is 12.1 Å². The molecule has 7 rings (SSSR count). The molecule has 17 heteroatoms. The maximum absolute atomic E-state index is 14.9. The average Bonchev–Trinajstić information content (AvgIpc) is 3.42. The maximum atomic E-state index is 14.9. The summed E-state index contributed by atoms with van der Waals surface area (Å²) in [5.41, 5.74) is -1.14. The summed E-state index contributed by atoms with van der Waals surface area (Å²) in [7, 11) is 0. The van der Waals surface area contributed by atoms with Crippen LogP contribution in [0.3, 0.4) is 0 Å². The fourth-order valence-corrected chi connectivity index (χ4v) is 6.60. The van der Waals surface area contributed by atoms with Gasteiger partial charge in [-0.25, -0.2) is 14.1 Å². The van der Waals surface area contributed by atoms with E-state index >= 15 is 0 Å². The van der Waals surface area contributed by atoms with Crippen LogP contribution in [-0.4, -0.2) is 57.1 Å². The summed E-state index contributed by atoms with van der Waals surface area (Å²) in [5, 5.41) is 19.1. The Balaban J connectivity index is 1.31. The smallest absolute Gasteiger partial charge is 0.424 e. The molecule has 2 amide bonds. The van der Waals surface area contributed by atoms with E-state index in [1.54, 1.807) is 0 Å². The molecule has 1 aliphatic heterocycles. The lowest BCUT2D eigenvalue weighted by molar-refractivity contribution is -0.265. The van der Waals surface area contributed by atoms with Gasteiger partial charge in [0.25, 0.3) is 5.91 Å². The topological polar surface area (TPSA) is 142 Å². The second-order valence-corrected chi connectivity index (χ2v) is 13.0. The van der Waals surface area contributed by atoms with E-state index in [0.717, 1.165) is 29.7 Å². The number of benzene rings is 2. The number of hydrogen-bond acceptors (Lipinski definition) is 8. The number of hydrogen-bond donors (Lipinski definition) is 3. The molecular weight excluding hydrogens is 680 g/mol. The summed E-state index contributed by atoms with van der Waals surface area (Å²) in [5.74, 6) is -2.67. The van der Waals surface area contributed by atoms with Crippen molar-refractivity contribution >= 4 is 44.1 Å². The monoisotopic (exact) mass is 705 g/mol. The lowest BCUT2D eigenvalue weighted by Crippen LogP contribution is -2.51. The largest absolute Gasteiger partial charge is 0.489 e. The number of aromatic nitrogens is 3. The van der Waals surface area contributed by atoms with Gasteiger partial charge >= 0.3 is 12.7 Å². The number of ether oxygens (including phenoxy) is 2. The predicted octanol–water partition coefficient (Wildman–Crippen LogP) is 5.70.